The van der Waals surface area contributed by atoms with Gasteiger partial charge in [0, 0.05) is 15.9 Å². The minimum atomic E-state index is 0.616. The third-order valence-corrected chi connectivity index (χ3v) is 3.29. The first kappa shape index (κ1) is 13.6. The van der Waals surface area contributed by atoms with E-state index in [4.69, 9.17) is 5.26 Å². The van der Waals surface area contributed by atoms with E-state index in [9.17, 15) is 0 Å². The van der Waals surface area contributed by atoms with Crippen LogP contribution in [0.15, 0.2) is 34.8 Å². The highest BCUT2D eigenvalue weighted by atomic mass is 79.9. The zero-order valence-corrected chi connectivity index (χ0v) is 12.5. The van der Waals surface area contributed by atoms with Crippen molar-refractivity contribution < 1.29 is 0 Å². The summed E-state index contributed by atoms with van der Waals surface area (Å²) in [5, 5.41) is 12.3. The number of aromatic nitrogens is 1. The van der Waals surface area contributed by atoms with Gasteiger partial charge in [0.25, 0.3) is 0 Å². The van der Waals surface area contributed by atoms with E-state index in [-0.39, 0.29) is 0 Å². The van der Waals surface area contributed by atoms with Crippen LogP contribution < -0.4 is 5.32 Å². The highest BCUT2D eigenvalue weighted by molar-refractivity contribution is 9.10. The van der Waals surface area contributed by atoms with Gasteiger partial charge in [-0.3, -0.25) is 0 Å². The maximum Gasteiger partial charge on any atom is 0.131 e. The lowest BCUT2D eigenvalue weighted by atomic mass is 10.1. The van der Waals surface area contributed by atoms with Crippen molar-refractivity contribution in [3.05, 3.63) is 51.6 Å². The summed E-state index contributed by atoms with van der Waals surface area (Å²) in [6.07, 6.45) is 0.929. The molecule has 0 aliphatic carbocycles. The second kappa shape index (κ2) is 5.85. The van der Waals surface area contributed by atoms with Gasteiger partial charge >= 0.3 is 0 Å². The molecule has 96 valence electrons. The third-order valence-electron chi connectivity index (χ3n) is 2.79. The molecular formula is C15H14BrN3. The number of anilines is 2. The predicted molar refractivity (Wildman–Crippen MR) is 80.5 cm³/mol. The van der Waals surface area contributed by atoms with E-state index < -0.39 is 0 Å². The van der Waals surface area contributed by atoms with Gasteiger partial charge in [0.15, 0.2) is 0 Å². The summed E-state index contributed by atoms with van der Waals surface area (Å²) in [5.74, 6) is 0.702. The average molecular weight is 316 g/mol. The number of benzene rings is 1. The monoisotopic (exact) mass is 315 g/mol. The van der Waals surface area contributed by atoms with Crippen LogP contribution in [0.1, 0.15) is 23.7 Å². The van der Waals surface area contributed by atoms with E-state index in [1.54, 1.807) is 12.1 Å². The Labute approximate surface area is 121 Å². The molecule has 0 aliphatic heterocycles. The molecule has 0 fully saturated rings. The first-order chi connectivity index (χ1) is 9.12. The Hall–Kier alpha value is -1.86. The lowest BCUT2D eigenvalue weighted by Gasteiger charge is -2.11. The molecule has 19 heavy (non-hydrogen) atoms. The summed E-state index contributed by atoms with van der Waals surface area (Å²) in [6.45, 7) is 3.99. The molecule has 0 unspecified atom stereocenters. The van der Waals surface area contributed by atoms with Crippen LogP contribution in [0, 0.1) is 18.3 Å². The van der Waals surface area contributed by atoms with Crippen LogP contribution in [-0.2, 0) is 6.42 Å². The highest BCUT2D eigenvalue weighted by Gasteiger charge is 2.05. The van der Waals surface area contributed by atoms with Crippen molar-refractivity contribution in [3.8, 4) is 6.07 Å². The molecule has 2 rings (SSSR count). The van der Waals surface area contributed by atoms with Crippen LogP contribution in [0.4, 0.5) is 11.5 Å². The van der Waals surface area contributed by atoms with Crippen LogP contribution in [0.25, 0.3) is 0 Å². The lowest BCUT2D eigenvalue weighted by Crippen LogP contribution is -1.99. The minimum absolute atomic E-state index is 0.616. The van der Waals surface area contributed by atoms with E-state index >= 15 is 0 Å². The first-order valence-corrected chi connectivity index (χ1v) is 6.86. The number of hydrogen-bond donors (Lipinski definition) is 1. The quantitative estimate of drug-likeness (QED) is 0.917. The van der Waals surface area contributed by atoms with Crippen molar-refractivity contribution in [2.45, 2.75) is 20.3 Å². The van der Waals surface area contributed by atoms with Crippen LogP contribution in [0.5, 0.6) is 0 Å². The van der Waals surface area contributed by atoms with Gasteiger partial charge in [-0.25, -0.2) is 4.98 Å². The SMILES string of the molecule is CCc1cc(Br)ccc1Nc1cc(C#N)cc(C)n1. The van der Waals surface area contributed by atoms with Crippen LogP contribution in [0.2, 0.25) is 0 Å². The summed E-state index contributed by atoms with van der Waals surface area (Å²) < 4.78 is 1.06. The fraction of sp³-hybridized carbons (Fsp3) is 0.200. The zero-order valence-electron chi connectivity index (χ0n) is 10.9. The van der Waals surface area contributed by atoms with Crippen molar-refractivity contribution in [1.29, 1.82) is 5.26 Å². The fourth-order valence-corrected chi connectivity index (χ4v) is 2.32. The van der Waals surface area contributed by atoms with Crippen LogP contribution in [0.3, 0.4) is 0 Å². The zero-order chi connectivity index (χ0) is 13.8. The molecule has 1 N–H and O–H groups in total. The summed E-state index contributed by atoms with van der Waals surface area (Å²) in [5.41, 5.74) is 3.67. The summed E-state index contributed by atoms with van der Waals surface area (Å²) in [6, 6.07) is 11.8. The Morgan fingerprint density at radius 2 is 2.11 bits per heavy atom. The van der Waals surface area contributed by atoms with E-state index in [0.717, 1.165) is 22.3 Å². The van der Waals surface area contributed by atoms with E-state index in [1.165, 1.54) is 5.56 Å². The Balaban J connectivity index is 2.36. The molecular weight excluding hydrogens is 302 g/mol. The summed E-state index contributed by atoms with van der Waals surface area (Å²) >= 11 is 3.47. The van der Waals surface area contributed by atoms with Crippen molar-refractivity contribution in [2.75, 3.05) is 5.32 Å². The maximum atomic E-state index is 8.98. The number of hydrogen-bond acceptors (Lipinski definition) is 3. The Morgan fingerprint density at radius 3 is 2.79 bits per heavy atom. The first-order valence-electron chi connectivity index (χ1n) is 6.06. The maximum absolute atomic E-state index is 8.98. The van der Waals surface area contributed by atoms with Crippen LogP contribution >= 0.6 is 15.9 Å². The second-order valence-electron chi connectivity index (χ2n) is 4.27. The number of aryl methyl sites for hydroxylation is 2. The molecule has 0 atom stereocenters. The normalized spacial score (nSPS) is 10.0. The van der Waals surface area contributed by atoms with Gasteiger partial charge in [0.2, 0.25) is 0 Å². The molecule has 4 heteroatoms. The number of rotatable bonds is 3. The molecule has 1 aromatic carbocycles. The van der Waals surface area contributed by atoms with E-state index in [0.29, 0.717) is 11.4 Å². The molecule has 2 aromatic rings. The molecule has 0 radical (unpaired) electrons. The Bertz CT molecular complexity index is 644. The second-order valence-corrected chi connectivity index (χ2v) is 5.19. The van der Waals surface area contributed by atoms with Crippen molar-refractivity contribution in [2.24, 2.45) is 0 Å². The van der Waals surface area contributed by atoms with Gasteiger partial charge in [-0.2, -0.15) is 5.26 Å². The molecule has 0 spiro atoms. The molecule has 0 saturated heterocycles. The number of pyridine rings is 1. The highest BCUT2D eigenvalue weighted by Crippen LogP contribution is 2.24. The van der Waals surface area contributed by atoms with Crippen molar-refractivity contribution in [3.63, 3.8) is 0 Å². The molecule has 3 nitrogen and oxygen atoms in total. The minimum Gasteiger partial charge on any atom is -0.340 e. The van der Waals surface area contributed by atoms with E-state index in [2.05, 4.69) is 45.3 Å². The summed E-state index contributed by atoms with van der Waals surface area (Å²) in [4.78, 5) is 4.40. The summed E-state index contributed by atoms with van der Waals surface area (Å²) in [7, 11) is 0. The number of halogens is 1. The molecule has 0 aliphatic rings. The van der Waals surface area contributed by atoms with Gasteiger partial charge in [0.1, 0.15) is 5.82 Å². The fourth-order valence-electron chi connectivity index (χ4n) is 1.91. The lowest BCUT2D eigenvalue weighted by molar-refractivity contribution is 1.13. The molecule has 1 heterocycles. The Morgan fingerprint density at radius 1 is 1.32 bits per heavy atom. The number of nitrogens with zero attached hydrogens (tertiary/aromatic N) is 2. The largest absolute Gasteiger partial charge is 0.340 e. The van der Waals surface area contributed by atoms with E-state index in [1.807, 2.05) is 19.1 Å². The topological polar surface area (TPSA) is 48.7 Å². The standard InChI is InChI=1S/C15H14BrN3/c1-3-12-8-13(16)4-5-14(12)19-15-7-11(9-17)6-10(2)18-15/h4-8H,3H2,1-2H3,(H,18,19). The average Bonchev–Trinajstić information content (AvgIpc) is 2.40. The smallest absolute Gasteiger partial charge is 0.131 e. The molecule has 0 saturated carbocycles. The van der Waals surface area contributed by atoms with Gasteiger partial charge in [0.05, 0.1) is 11.6 Å². The number of nitrogens with one attached hydrogen (secondary N) is 1. The van der Waals surface area contributed by atoms with Crippen molar-refractivity contribution >= 4 is 27.4 Å². The van der Waals surface area contributed by atoms with Gasteiger partial charge in [-0.1, -0.05) is 22.9 Å². The van der Waals surface area contributed by atoms with Crippen LogP contribution in [-0.4, -0.2) is 4.98 Å². The van der Waals surface area contributed by atoms with Gasteiger partial charge in [-0.15, -0.1) is 0 Å². The Kier molecular flexibility index (Phi) is 4.18. The predicted octanol–water partition coefficient (Wildman–Crippen LogP) is 4.33. The number of nitriles is 1. The van der Waals surface area contributed by atoms with Gasteiger partial charge in [-0.05, 0) is 49.2 Å². The van der Waals surface area contributed by atoms with Gasteiger partial charge < -0.3 is 5.32 Å². The molecule has 0 amide bonds. The molecule has 0 bridgehead atoms. The van der Waals surface area contributed by atoms with Crippen molar-refractivity contribution in [1.82, 2.24) is 4.98 Å². The molecule has 1 aromatic heterocycles. The third kappa shape index (κ3) is 3.33.